The Hall–Kier alpha value is -2.63. The third-order valence-corrected chi connectivity index (χ3v) is 3.96. The minimum atomic E-state index is -0.734. The predicted octanol–water partition coefficient (Wildman–Crippen LogP) is 1.53. The molecule has 2 aromatic rings. The highest BCUT2D eigenvalue weighted by molar-refractivity contribution is 5.70. The molecule has 1 aromatic carbocycles. The van der Waals surface area contributed by atoms with E-state index in [-0.39, 0.29) is 11.5 Å². The highest BCUT2D eigenvalue weighted by atomic mass is 16.4. The maximum atomic E-state index is 12.0. The molecule has 114 valence electrons. The Labute approximate surface area is 127 Å². The van der Waals surface area contributed by atoms with Crippen molar-refractivity contribution < 1.29 is 9.90 Å². The normalized spacial score (nSPS) is 15.7. The van der Waals surface area contributed by atoms with Crippen LogP contribution >= 0.6 is 0 Å². The first-order chi connectivity index (χ1) is 10.6. The maximum Gasteiger partial charge on any atom is 0.306 e. The number of hydrogen-bond donors (Lipinski definition) is 1. The molecular formula is C16H17N3O3. The molecule has 0 aliphatic carbocycles. The molecule has 0 spiro atoms. The molecule has 2 heterocycles. The van der Waals surface area contributed by atoms with Crippen LogP contribution in [0.3, 0.4) is 0 Å². The lowest BCUT2D eigenvalue weighted by atomic mass is 9.97. The Balaban J connectivity index is 1.85. The summed E-state index contributed by atoms with van der Waals surface area (Å²) in [5, 5.41) is 13.5. The number of benzene rings is 1. The Morgan fingerprint density at radius 3 is 2.41 bits per heavy atom. The summed E-state index contributed by atoms with van der Waals surface area (Å²) in [5.41, 5.74) is 0.533. The number of aliphatic carboxylic acids is 1. The summed E-state index contributed by atoms with van der Waals surface area (Å²) in [6.45, 7) is 1.27. The van der Waals surface area contributed by atoms with E-state index in [9.17, 15) is 9.59 Å². The second-order valence-electron chi connectivity index (χ2n) is 5.38. The van der Waals surface area contributed by atoms with Crippen LogP contribution in [0.2, 0.25) is 0 Å². The van der Waals surface area contributed by atoms with Gasteiger partial charge in [-0.05, 0) is 31.0 Å². The van der Waals surface area contributed by atoms with Gasteiger partial charge in [0.15, 0.2) is 0 Å². The zero-order valence-corrected chi connectivity index (χ0v) is 12.1. The van der Waals surface area contributed by atoms with E-state index in [0.717, 1.165) is 5.69 Å². The molecule has 1 saturated heterocycles. The SMILES string of the molecule is O=C(O)C1CCN(c2ccc(=O)n(-c3ccccc3)n2)CC1. The average Bonchev–Trinajstić information content (AvgIpc) is 2.56. The molecule has 0 unspecified atom stereocenters. The van der Waals surface area contributed by atoms with Crippen LogP contribution in [-0.4, -0.2) is 33.9 Å². The molecule has 22 heavy (non-hydrogen) atoms. The predicted molar refractivity (Wildman–Crippen MR) is 82.4 cm³/mol. The fourth-order valence-corrected chi connectivity index (χ4v) is 2.68. The van der Waals surface area contributed by atoms with E-state index in [4.69, 9.17) is 5.11 Å². The maximum absolute atomic E-state index is 12.0. The summed E-state index contributed by atoms with van der Waals surface area (Å²) in [6, 6.07) is 12.4. The third kappa shape index (κ3) is 2.86. The second kappa shape index (κ2) is 6.01. The first-order valence-corrected chi connectivity index (χ1v) is 7.29. The van der Waals surface area contributed by atoms with Crippen LogP contribution in [0.1, 0.15) is 12.8 Å². The number of nitrogens with zero attached hydrogens (tertiary/aromatic N) is 3. The summed E-state index contributed by atoms with van der Waals surface area (Å²) in [6.07, 6.45) is 1.20. The van der Waals surface area contributed by atoms with Crippen LogP contribution in [-0.2, 0) is 4.79 Å². The van der Waals surface area contributed by atoms with Crippen molar-refractivity contribution in [2.75, 3.05) is 18.0 Å². The van der Waals surface area contributed by atoms with E-state index in [1.807, 2.05) is 35.2 Å². The number of anilines is 1. The third-order valence-electron chi connectivity index (χ3n) is 3.96. The number of para-hydroxylation sites is 1. The smallest absolute Gasteiger partial charge is 0.306 e. The van der Waals surface area contributed by atoms with Crippen LogP contribution in [0.15, 0.2) is 47.3 Å². The van der Waals surface area contributed by atoms with Crippen LogP contribution in [0.5, 0.6) is 0 Å². The van der Waals surface area contributed by atoms with Gasteiger partial charge in [0.2, 0.25) is 0 Å². The fraction of sp³-hybridized carbons (Fsp3) is 0.312. The van der Waals surface area contributed by atoms with Crippen LogP contribution in [0.4, 0.5) is 5.82 Å². The lowest BCUT2D eigenvalue weighted by Gasteiger charge is -2.31. The molecular weight excluding hydrogens is 282 g/mol. The van der Waals surface area contributed by atoms with E-state index in [1.165, 1.54) is 10.7 Å². The van der Waals surface area contributed by atoms with E-state index >= 15 is 0 Å². The zero-order chi connectivity index (χ0) is 15.5. The fourth-order valence-electron chi connectivity index (χ4n) is 2.68. The van der Waals surface area contributed by atoms with Crippen molar-refractivity contribution in [2.24, 2.45) is 5.92 Å². The molecule has 6 heteroatoms. The molecule has 6 nitrogen and oxygen atoms in total. The van der Waals surface area contributed by atoms with E-state index < -0.39 is 5.97 Å². The van der Waals surface area contributed by atoms with Gasteiger partial charge in [-0.15, -0.1) is 5.10 Å². The van der Waals surface area contributed by atoms with E-state index in [2.05, 4.69) is 5.10 Å². The van der Waals surface area contributed by atoms with Gasteiger partial charge in [-0.3, -0.25) is 9.59 Å². The minimum Gasteiger partial charge on any atom is -0.481 e. The Morgan fingerprint density at radius 2 is 1.77 bits per heavy atom. The number of carboxylic acid groups (broad SMARTS) is 1. The quantitative estimate of drug-likeness (QED) is 0.930. The van der Waals surface area contributed by atoms with Crippen molar-refractivity contribution in [3.8, 4) is 5.69 Å². The molecule has 1 aliphatic rings. The Kier molecular flexibility index (Phi) is 3.91. The van der Waals surface area contributed by atoms with Gasteiger partial charge in [0, 0.05) is 19.2 Å². The second-order valence-corrected chi connectivity index (χ2v) is 5.38. The Bertz CT molecular complexity index is 719. The first-order valence-electron chi connectivity index (χ1n) is 7.29. The minimum absolute atomic E-state index is 0.185. The van der Waals surface area contributed by atoms with Gasteiger partial charge in [-0.2, -0.15) is 4.68 Å². The lowest BCUT2D eigenvalue weighted by molar-refractivity contribution is -0.142. The first kappa shape index (κ1) is 14.3. The zero-order valence-electron chi connectivity index (χ0n) is 12.1. The van der Waals surface area contributed by atoms with Crippen LogP contribution in [0.25, 0.3) is 5.69 Å². The number of aromatic nitrogens is 2. The summed E-state index contributed by atoms with van der Waals surface area (Å²) in [5.74, 6) is -0.314. The van der Waals surface area contributed by atoms with Crippen molar-refractivity contribution in [3.63, 3.8) is 0 Å². The van der Waals surface area contributed by atoms with Crippen molar-refractivity contribution >= 4 is 11.8 Å². The van der Waals surface area contributed by atoms with Gasteiger partial charge in [0.25, 0.3) is 5.56 Å². The van der Waals surface area contributed by atoms with Crippen molar-refractivity contribution in [1.82, 2.24) is 9.78 Å². The highest BCUT2D eigenvalue weighted by Crippen LogP contribution is 2.21. The highest BCUT2D eigenvalue weighted by Gasteiger charge is 2.25. The van der Waals surface area contributed by atoms with Gasteiger partial charge in [0.05, 0.1) is 11.6 Å². The largest absolute Gasteiger partial charge is 0.481 e. The molecule has 0 amide bonds. The molecule has 1 aliphatic heterocycles. The molecule has 0 atom stereocenters. The average molecular weight is 299 g/mol. The number of piperidine rings is 1. The molecule has 3 rings (SSSR count). The van der Waals surface area contributed by atoms with Crippen molar-refractivity contribution in [1.29, 1.82) is 0 Å². The van der Waals surface area contributed by atoms with Crippen LogP contribution < -0.4 is 10.5 Å². The van der Waals surface area contributed by atoms with E-state index in [0.29, 0.717) is 31.7 Å². The Morgan fingerprint density at radius 1 is 1.09 bits per heavy atom. The van der Waals surface area contributed by atoms with Gasteiger partial charge < -0.3 is 10.0 Å². The number of carboxylic acids is 1. The number of rotatable bonds is 3. The summed E-state index contributed by atoms with van der Waals surface area (Å²) >= 11 is 0. The van der Waals surface area contributed by atoms with Crippen molar-refractivity contribution in [2.45, 2.75) is 12.8 Å². The molecule has 1 aromatic heterocycles. The lowest BCUT2D eigenvalue weighted by Crippen LogP contribution is -2.37. The molecule has 1 fully saturated rings. The van der Waals surface area contributed by atoms with Gasteiger partial charge >= 0.3 is 5.97 Å². The molecule has 1 N–H and O–H groups in total. The number of carbonyl (C=O) groups is 1. The summed E-state index contributed by atoms with van der Waals surface area (Å²) in [4.78, 5) is 25.0. The van der Waals surface area contributed by atoms with Gasteiger partial charge in [0.1, 0.15) is 5.82 Å². The topological polar surface area (TPSA) is 75.4 Å². The summed E-state index contributed by atoms with van der Waals surface area (Å²) < 4.78 is 1.37. The molecule has 0 saturated carbocycles. The van der Waals surface area contributed by atoms with E-state index in [1.54, 1.807) is 6.07 Å². The monoisotopic (exact) mass is 299 g/mol. The van der Waals surface area contributed by atoms with Gasteiger partial charge in [-0.25, -0.2) is 0 Å². The number of hydrogen-bond acceptors (Lipinski definition) is 4. The molecule has 0 radical (unpaired) electrons. The molecule has 0 bridgehead atoms. The van der Waals surface area contributed by atoms with Gasteiger partial charge in [-0.1, -0.05) is 18.2 Å². The summed E-state index contributed by atoms with van der Waals surface area (Å²) in [7, 11) is 0. The van der Waals surface area contributed by atoms with Crippen molar-refractivity contribution in [3.05, 3.63) is 52.8 Å². The van der Waals surface area contributed by atoms with Crippen LogP contribution in [0, 0.1) is 5.92 Å². The standard InChI is InChI=1S/C16H17N3O3/c20-15-7-6-14(17-19(15)13-4-2-1-3-5-13)18-10-8-12(9-11-18)16(21)22/h1-7,12H,8-11H2,(H,21,22).